The minimum absolute atomic E-state index is 0.0448. The molecule has 2 heterocycles. The molecule has 2 aromatic rings. The number of aromatic nitrogens is 2. The number of benzene rings is 1. The molecule has 0 unspecified atom stereocenters. The number of ether oxygens (including phenoxy) is 2. The summed E-state index contributed by atoms with van der Waals surface area (Å²) in [6.45, 7) is 0.824. The Bertz CT molecular complexity index is 775. The van der Waals surface area contributed by atoms with E-state index in [1.807, 2.05) is 0 Å². The van der Waals surface area contributed by atoms with E-state index in [9.17, 15) is 8.42 Å². The smallest absolute Gasteiger partial charge is 0.243 e. The summed E-state index contributed by atoms with van der Waals surface area (Å²) in [4.78, 5) is 8.12. The first-order valence-corrected chi connectivity index (χ1v) is 9.10. The Kier molecular flexibility index (Phi) is 4.96. The highest BCUT2D eigenvalue weighted by Gasteiger charge is 2.30. The molecule has 1 aromatic heterocycles. The lowest BCUT2D eigenvalue weighted by atomic mass is 10.1. The van der Waals surface area contributed by atoms with Crippen molar-refractivity contribution in [2.24, 2.45) is 0 Å². The molecule has 0 N–H and O–H groups in total. The third-order valence-corrected chi connectivity index (χ3v) is 5.82. The Morgan fingerprint density at radius 2 is 2.00 bits per heavy atom. The molecule has 128 valence electrons. The first-order valence-electron chi connectivity index (χ1n) is 7.66. The zero-order valence-corrected chi connectivity index (χ0v) is 14.1. The molecule has 8 heteroatoms. The highest BCUT2D eigenvalue weighted by molar-refractivity contribution is 7.89. The Balaban J connectivity index is 1.65. The number of sulfonamides is 1. The lowest BCUT2D eigenvalue weighted by Crippen LogP contribution is -2.41. The standard InChI is InChI=1S/C16H19N3O4S/c1-22-14-3-2-4-15(11-14)24(20,21)19-9-6-13(7-10-19)23-16-5-8-17-12-18-16/h2-5,8,11-13H,6-7,9-10H2,1H3. The molecule has 0 radical (unpaired) electrons. The fourth-order valence-corrected chi connectivity index (χ4v) is 4.13. The number of nitrogens with zero attached hydrogens (tertiary/aromatic N) is 3. The van der Waals surface area contributed by atoms with Crippen LogP contribution in [0.1, 0.15) is 12.8 Å². The van der Waals surface area contributed by atoms with Gasteiger partial charge in [-0.25, -0.2) is 18.4 Å². The molecule has 1 aromatic carbocycles. The molecule has 1 saturated heterocycles. The summed E-state index contributed by atoms with van der Waals surface area (Å²) in [5.74, 6) is 1.04. The number of piperidine rings is 1. The lowest BCUT2D eigenvalue weighted by Gasteiger charge is -2.31. The second-order valence-corrected chi connectivity index (χ2v) is 7.39. The van der Waals surface area contributed by atoms with Crippen LogP contribution in [-0.4, -0.2) is 49.0 Å². The molecular formula is C16H19N3O4S. The maximum absolute atomic E-state index is 12.7. The molecule has 1 aliphatic rings. The normalized spacial score (nSPS) is 16.7. The van der Waals surface area contributed by atoms with Crippen molar-refractivity contribution >= 4 is 10.0 Å². The maximum atomic E-state index is 12.7. The van der Waals surface area contributed by atoms with Crippen LogP contribution in [0.4, 0.5) is 0 Å². The molecule has 7 nitrogen and oxygen atoms in total. The van der Waals surface area contributed by atoms with Gasteiger partial charge in [-0.2, -0.15) is 4.31 Å². The van der Waals surface area contributed by atoms with E-state index in [0.717, 1.165) is 0 Å². The second-order valence-electron chi connectivity index (χ2n) is 5.45. The quantitative estimate of drug-likeness (QED) is 0.817. The number of rotatable bonds is 5. The van der Waals surface area contributed by atoms with Crippen LogP contribution in [0, 0.1) is 0 Å². The third-order valence-electron chi connectivity index (χ3n) is 3.92. The minimum Gasteiger partial charge on any atom is -0.497 e. The summed E-state index contributed by atoms with van der Waals surface area (Å²) in [6.07, 6.45) is 4.24. The van der Waals surface area contributed by atoms with Crippen molar-refractivity contribution < 1.29 is 17.9 Å². The molecule has 24 heavy (non-hydrogen) atoms. The first kappa shape index (κ1) is 16.7. The van der Waals surface area contributed by atoms with Crippen LogP contribution in [-0.2, 0) is 10.0 Å². The van der Waals surface area contributed by atoms with E-state index < -0.39 is 10.0 Å². The molecule has 0 bridgehead atoms. The van der Waals surface area contributed by atoms with Crippen LogP contribution in [0.2, 0.25) is 0 Å². The lowest BCUT2D eigenvalue weighted by molar-refractivity contribution is 0.129. The summed E-state index contributed by atoms with van der Waals surface area (Å²) in [7, 11) is -2.00. The van der Waals surface area contributed by atoms with Gasteiger partial charge in [0.05, 0.1) is 12.0 Å². The molecule has 0 atom stereocenters. The van der Waals surface area contributed by atoms with Gasteiger partial charge < -0.3 is 9.47 Å². The first-order chi connectivity index (χ1) is 11.6. The van der Waals surface area contributed by atoms with Gasteiger partial charge in [-0.15, -0.1) is 0 Å². The van der Waals surface area contributed by atoms with Crippen LogP contribution in [0.25, 0.3) is 0 Å². The molecule has 3 rings (SSSR count). The molecule has 1 fully saturated rings. The SMILES string of the molecule is COc1cccc(S(=O)(=O)N2CCC(Oc3ccncn3)CC2)c1. The van der Waals surface area contributed by atoms with Gasteiger partial charge in [-0.05, 0) is 25.0 Å². The van der Waals surface area contributed by atoms with Crippen LogP contribution >= 0.6 is 0 Å². The van der Waals surface area contributed by atoms with Crippen molar-refractivity contribution in [1.29, 1.82) is 0 Å². The van der Waals surface area contributed by atoms with E-state index in [4.69, 9.17) is 9.47 Å². The maximum Gasteiger partial charge on any atom is 0.243 e. The largest absolute Gasteiger partial charge is 0.497 e. The van der Waals surface area contributed by atoms with Gasteiger partial charge in [-0.3, -0.25) is 0 Å². The van der Waals surface area contributed by atoms with Crippen molar-refractivity contribution in [2.45, 2.75) is 23.8 Å². The third kappa shape index (κ3) is 3.65. The van der Waals surface area contributed by atoms with Crippen molar-refractivity contribution in [2.75, 3.05) is 20.2 Å². The Hall–Kier alpha value is -2.19. The van der Waals surface area contributed by atoms with Gasteiger partial charge in [0, 0.05) is 31.4 Å². The van der Waals surface area contributed by atoms with Gasteiger partial charge in [0.15, 0.2) is 0 Å². The van der Waals surface area contributed by atoms with Crippen LogP contribution in [0.3, 0.4) is 0 Å². The number of methoxy groups -OCH3 is 1. The van der Waals surface area contributed by atoms with Gasteiger partial charge in [0.1, 0.15) is 18.2 Å². The molecular weight excluding hydrogens is 330 g/mol. The van der Waals surface area contributed by atoms with E-state index in [1.165, 1.54) is 17.7 Å². The minimum atomic E-state index is -3.52. The summed E-state index contributed by atoms with van der Waals surface area (Å²) >= 11 is 0. The van der Waals surface area contributed by atoms with E-state index in [0.29, 0.717) is 37.6 Å². The fraction of sp³-hybridized carbons (Fsp3) is 0.375. The summed E-state index contributed by atoms with van der Waals surface area (Å²) in [6, 6.07) is 8.22. The van der Waals surface area contributed by atoms with Gasteiger partial charge >= 0.3 is 0 Å². The molecule has 0 amide bonds. The zero-order valence-electron chi connectivity index (χ0n) is 13.3. The van der Waals surface area contributed by atoms with E-state index >= 15 is 0 Å². The Morgan fingerprint density at radius 3 is 2.67 bits per heavy atom. The molecule has 0 aliphatic carbocycles. The Labute approximate surface area is 141 Å². The van der Waals surface area contributed by atoms with Gasteiger partial charge in [-0.1, -0.05) is 6.07 Å². The summed E-state index contributed by atoms with van der Waals surface area (Å²) in [5, 5.41) is 0. The summed E-state index contributed by atoms with van der Waals surface area (Å²) < 4.78 is 37.8. The monoisotopic (exact) mass is 349 g/mol. The van der Waals surface area contributed by atoms with Gasteiger partial charge in [0.25, 0.3) is 0 Å². The van der Waals surface area contributed by atoms with Crippen LogP contribution in [0.15, 0.2) is 47.8 Å². The highest BCUT2D eigenvalue weighted by atomic mass is 32.2. The van der Waals surface area contributed by atoms with E-state index in [1.54, 1.807) is 36.5 Å². The summed E-state index contributed by atoms with van der Waals surface area (Å²) in [5.41, 5.74) is 0. The van der Waals surface area contributed by atoms with Crippen molar-refractivity contribution in [3.05, 3.63) is 42.9 Å². The zero-order chi connectivity index (χ0) is 17.0. The highest BCUT2D eigenvalue weighted by Crippen LogP contribution is 2.25. The second kappa shape index (κ2) is 7.14. The van der Waals surface area contributed by atoms with E-state index in [2.05, 4.69) is 9.97 Å². The van der Waals surface area contributed by atoms with E-state index in [-0.39, 0.29) is 11.0 Å². The molecule has 1 aliphatic heterocycles. The van der Waals surface area contributed by atoms with Crippen molar-refractivity contribution in [3.63, 3.8) is 0 Å². The van der Waals surface area contributed by atoms with Crippen molar-refractivity contribution in [1.82, 2.24) is 14.3 Å². The Morgan fingerprint density at radius 1 is 1.21 bits per heavy atom. The average molecular weight is 349 g/mol. The predicted octanol–water partition coefficient (Wildman–Crippen LogP) is 1.72. The number of hydrogen-bond acceptors (Lipinski definition) is 6. The topological polar surface area (TPSA) is 81.6 Å². The molecule has 0 saturated carbocycles. The van der Waals surface area contributed by atoms with Crippen molar-refractivity contribution in [3.8, 4) is 11.6 Å². The van der Waals surface area contributed by atoms with Crippen LogP contribution in [0.5, 0.6) is 11.6 Å². The van der Waals surface area contributed by atoms with Crippen LogP contribution < -0.4 is 9.47 Å². The predicted molar refractivity (Wildman–Crippen MR) is 87.4 cm³/mol. The average Bonchev–Trinajstić information content (AvgIpc) is 2.63. The van der Waals surface area contributed by atoms with Gasteiger partial charge in [0.2, 0.25) is 15.9 Å². The fourth-order valence-electron chi connectivity index (χ4n) is 2.62. The molecule has 0 spiro atoms. The number of hydrogen-bond donors (Lipinski definition) is 0.